The average Bonchev–Trinajstić information content (AvgIpc) is 1.89. The van der Waals surface area contributed by atoms with Gasteiger partial charge in [-0.05, 0) is 20.6 Å². The zero-order chi connectivity index (χ0) is 8.57. The van der Waals surface area contributed by atoms with Crippen LogP contribution < -0.4 is 0 Å². The molecule has 3 nitrogen and oxygen atoms in total. The Morgan fingerprint density at radius 2 is 1.40 bits per heavy atom. The van der Waals surface area contributed by atoms with E-state index >= 15 is 0 Å². The summed E-state index contributed by atoms with van der Waals surface area (Å²) in [6.45, 7) is 3.26. The van der Waals surface area contributed by atoms with Crippen LogP contribution in [-0.4, -0.2) is 50.9 Å². The second kappa shape index (κ2) is 8.43. The number of nitrogens with zero attached hydrogens (tertiary/aromatic N) is 2. The Hall–Kier alpha value is -0.570. The Balaban J connectivity index is 0. The normalized spacial score (nSPS) is 8.20. The molecule has 0 aliphatic carbocycles. The van der Waals surface area contributed by atoms with Crippen LogP contribution in [-0.2, 0) is 4.79 Å². The van der Waals surface area contributed by atoms with Crippen LogP contribution in [0.4, 0.5) is 0 Å². The first kappa shape index (κ1) is 12.1. The molecule has 3 heteroatoms. The van der Waals surface area contributed by atoms with Gasteiger partial charge in [0.2, 0.25) is 6.41 Å². The summed E-state index contributed by atoms with van der Waals surface area (Å²) < 4.78 is 0. The van der Waals surface area contributed by atoms with Crippen molar-refractivity contribution in [3.63, 3.8) is 0 Å². The molecule has 0 atom stereocenters. The molecule has 0 aromatic rings. The van der Waals surface area contributed by atoms with Gasteiger partial charge >= 0.3 is 0 Å². The molecule has 0 fully saturated rings. The molecule has 0 aliphatic heterocycles. The molecule has 0 N–H and O–H groups in total. The highest BCUT2D eigenvalue weighted by Crippen LogP contribution is 1.63. The molecule has 0 rings (SSSR count). The van der Waals surface area contributed by atoms with Crippen molar-refractivity contribution < 1.29 is 4.79 Å². The number of amides is 1. The van der Waals surface area contributed by atoms with E-state index in [1.165, 1.54) is 4.90 Å². The summed E-state index contributed by atoms with van der Waals surface area (Å²) in [5, 5.41) is 0. The van der Waals surface area contributed by atoms with Gasteiger partial charge in [0.1, 0.15) is 0 Å². The SMILES string of the molecule is CCN(C)C.CN(C)C=O. The van der Waals surface area contributed by atoms with Gasteiger partial charge in [0.25, 0.3) is 0 Å². The van der Waals surface area contributed by atoms with E-state index in [2.05, 4.69) is 25.9 Å². The first-order valence-corrected chi connectivity index (χ1v) is 3.31. The highest BCUT2D eigenvalue weighted by atomic mass is 16.1. The van der Waals surface area contributed by atoms with Crippen LogP contribution in [0.5, 0.6) is 0 Å². The fourth-order valence-corrected chi connectivity index (χ4v) is 0. The Labute approximate surface area is 63.6 Å². The standard InChI is InChI=1S/C4H11N.C3H7NO/c1-4-5(2)3;1-4(2)3-5/h4H2,1-3H3;3H,1-2H3. The number of carbonyl (C=O) groups excluding carboxylic acids is 1. The summed E-state index contributed by atoms with van der Waals surface area (Å²) in [6, 6.07) is 0. The second-order valence-corrected chi connectivity index (χ2v) is 2.46. The van der Waals surface area contributed by atoms with E-state index in [-0.39, 0.29) is 0 Å². The zero-order valence-electron chi connectivity index (χ0n) is 7.59. The molecule has 0 saturated heterocycles. The molecular weight excluding hydrogens is 128 g/mol. The molecule has 0 aliphatic rings. The van der Waals surface area contributed by atoms with Gasteiger partial charge in [0.15, 0.2) is 0 Å². The maximum absolute atomic E-state index is 9.43. The fraction of sp³-hybridized carbons (Fsp3) is 0.857. The van der Waals surface area contributed by atoms with Crippen molar-refractivity contribution in [3.05, 3.63) is 0 Å². The van der Waals surface area contributed by atoms with Crippen LogP contribution in [0.15, 0.2) is 0 Å². The third-order valence-corrected chi connectivity index (χ3v) is 0.843. The summed E-state index contributed by atoms with van der Waals surface area (Å²) >= 11 is 0. The van der Waals surface area contributed by atoms with Crippen molar-refractivity contribution in [2.75, 3.05) is 34.7 Å². The second-order valence-electron chi connectivity index (χ2n) is 2.46. The summed E-state index contributed by atoms with van der Waals surface area (Å²) in [4.78, 5) is 13.0. The molecule has 0 unspecified atom stereocenters. The van der Waals surface area contributed by atoms with Gasteiger partial charge in [-0.2, -0.15) is 0 Å². The van der Waals surface area contributed by atoms with Gasteiger partial charge in [0, 0.05) is 14.1 Å². The molecule has 0 radical (unpaired) electrons. The molecular formula is C7H18N2O. The first-order chi connectivity index (χ1) is 4.54. The fourth-order valence-electron chi connectivity index (χ4n) is 0. The summed E-state index contributed by atoms with van der Waals surface area (Å²) in [6.07, 6.45) is 0.750. The Morgan fingerprint density at radius 1 is 1.20 bits per heavy atom. The summed E-state index contributed by atoms with van der Waals surface area (Å²) in [7, 11) is 7.49. The van der Waals surface area contributed by atoms with Gasteiger partial charge in [0.05, 0.1) is 0 Å². The van der Waals surface area contributed by atoms with Gasteiger partial charge in [-0.15, -0.1) is 0 Å². The van der Waals surface area contributed by atoms with E-state index in [9.17, 15) is 4.79 Å². The molecule has 0 heterocycles. The summed E-state index contributed by atoms with van der Waals surface area (Å²) in [5.41, 5.74) is 0. The minimum Gasteiger partial charge on any atom is -0.351 e. The maximum Gasteiger partial charge on any atom is 0.209 e. The van der Waals surface area contributed by atoms with Crippen molar-refractivity contribution in [2.24, 2.45) is 0 Å². The van der Waals surface area contributed by atoms with Crippen LogP contribution in [0.2, 0.25) is 0 Å². The van der Waals surface area contributed by atoms with Gasteiger partial charge < -0.3 is 9.80 Å². The number of hydrogen-bond acceptors (Lipinski definition) is 2. The van der Waals surface area contributed by atoms with E-state index in [0.717, 1.165) is 13.0 Å². The molecule has 1 amide bonds. The lowest BCUT2D eigenvalue weighted by molar-refractivity contribution is -0.115. The molecule has 0 aromatic heterocycles. The largest absolute Gasteiger partial charge is 0.351 e. The quantitative estimate of drug-likeness (QED) is 0.522. The van der Waals surface area contributed by atoms with Crippen LogP contribution in [0.3, 0.4) is 0 Å². The first-order valence-electron chi connectivity index (χ1n) is 3.31. The van der Waals surface area contributed by atoms with Crippen LogP contribution in [0.1, 0.15) is 6.92 Å². The zero-order valence-corrected chi connectivity index (χ0v) is 7.59. The van der Waals surface area contributed by atoms with Gasteiger partial charge in [-0.1, -0.05) is 6.92 Å². The molecule has 0 bridgehead atoms. The monoisotopic (exact) mass is 146 g/mol. The average molecular weight is 146 g/mol. The van der Waals surface area contributed by atoms with Crippen molar-refractivity contribution in [1.29, 1.82) is 0 Å². The van der Waals surface area contributed by atoms with E-state index < -0.39 is 0 Å². The highest BCUT2D eigenvalue weighted by molar-refractivity contribution is 5.45. The van der Waals surface area contributed by atoms with Crippen LogP contribution >= 0.6 is 0 Å². The molecule has 0 saturated carbocycles. The lowest BCUT2D eigenvalue weighted by Crippen LogP contribution is -2.08. The van der Waals surface area contributed by atoms with Crippen LogP contribution in [0.25, 0.3) is 0 Å². The number of hydrogen-bond donors (Lipinski definition) is 0. The lowest BCUT2D eigenvalue weighted by atomic mass is 10.7. The third kappa shape index (κ3) is 26.1. The summed E-state index contributed by atoms with van der Waals surface area (Å²) in [5.74, 6) is 0. The van der Waals surface area contributed by atoms with Crippen molar-refractivity contribution in [1.82, 2.24) is 9.80 Å². The Bertz CT molecular complexity index is 72.0. The minimum absolute atomic E-state index is 0.750. The van der Waals surface area contributed by atoms with E-state index in [1.54, 1.807) is 14.1 Å². The van der Waals surface area contributed by atoms with E-state index in [0.29, 0.717) is 0 Å². The Kier molecular flexibility index (Phi) is 10.2. The Morgan fingerprint density at radius 3 is 1.40 bits per heavy atom. The van der Waals surface area contributed by atoms with Crippen molar-refractivity contribution >= 4 is 6.41 Å². The van der Waals surface area contributed by atoms with E-state index in [4.69, 9.17) is 0 Å². The van der Waals surface area contributed by atoms with Crippen molar-refractivity contribution in [2.45, 2.75) is 6.92 Å². The number of rotatable bonds is 2. The van der Waals surface area contributed by atoms with Gasteiger partial charge in [-0.25, -0.2) is 0 Å². The molecule has 0 spiro atoms. The predicted molar refractivity (Wildman–Crippen MR) is 44.0 cm³/mol. The molecule has 62 valence electrons. The van der Waals surface area contributed by atoms with E-state index in [1.807, 2.05) is 0 Å². The smallest absolute Gasteiger partial charge is 0.209 e. The topological polar surface area (TPSA) is 23.6 Å². The molecule has 0 aromatic carbocycles. The minimum atomic E-state index is 0.750. The third-order valence-electron chi connectivity index (χ3n) is 0.843. The highest BCUT2D eigenvalue weighted by Gasteiger charge is 1.72. The number of carbonyl (C=O) groups is 1. The predicted octanol–water partition coefficient (Wildman–Crippen LogP) is 0.272. The van der Waals surface area contributed by atoms with Crippen LogP contribution in [0, 0.1) is 0 Å². The van der Waals surface area contributed by atoms with Gasteiger partial charge in [-0.3, -0.25) is 4.79 Å². The lowest BCUT2D eigenvalue weighted by Gasteiger charge is -2.00. The van der Waals surface area contributed by atoms with Crippen molar-refractivity contribution in [3.8, 4) is 0 Å². The molecule has 10 heavy (non-hydrogen) atoms. The maximum atomic E-state index is 9.43.